The van der Waals surface area contributed by atoms with Crippen LogP contribution in [0.25, 0.3) is 0 Å². The highest BCUT2D eigenvalue weighted by atomic mass is 35.5. The van der Waals surface area contributed by atoms with Crippen molar-refractivity contribution in [3.8, 4) is 0 Å². The van der Waals surface area contributed by atoms with E-state index in [1.165, 1.54) is 12.1 Å². The number of nitrogens with one attached hydrogen (secondary N) is 2. The molecule has 2 N–H and O–H groups in total. The molecular formula is C12H10ClN3O2. The molecule has 1 aromatic carbocycles. The summed E-state index contributed by atoms with van der Waals surface area (Å²) in [5.74, 6) is -0.369. The molecule has 6 heteroatoms. The third-order valence-corrected chi connectivity index (χ3v) is 2.68. The lowest BCUT2D eigenvalue weighted by Crippen LogP contribution is -2.25. The average molecular weight is 264 g/mol. The molecule has 2 rings (SSSR count). The predicted molar refractivity (Wildman–Crippen MR) is 67.5 cm³/mol. The Morgan fingerprint density at radius 3 is 2.72 bits per heavy atom. The van der Waals surface area contributed by atoms with Crippen LogP contribution >= 0.6 is 11.6 Å². The van der Waals surface area contributed by atoms with Gasteiger partial charge >= 0.3 is 0 Å². The number of amides is 1. The molecule has 92 valence electrons. The third-order valence-electron chi connectivity index (χ3n) is 2.31. The topological polar surface area (TPSA) is 74.8 Å². The summed E-state index contributed by atoms with van der Waals surface area (Å²) in [6.45, 7) is 0.305. The Morgan fingerprint density at radius 1 is 1.28 bits per heavy atom. The molecule has 0 aliphatic rings. The van der Waals surface area contributed by atoms with Crippen LogP contribution in [0, 0.1) is 0 Å². The smallest absolute Gasteiger partial charge is 0.271 e. The molecule has 1 heterocycles. The van der Waals surface area contributed by atoms with E-state index in [4.69, 9.17) is 11.6 Å². The number of hydrogen-bond acceptors (Lipinski definition) is 3. The molecule has 1 amide bonds. The van der Waals surface area contributed by atoms with Crippen LogP contribution in [-0.4, -0.2) is 16.1 Å². The first kappa shape index (κ1) is 12.3. The van der Waals surface area contributed by atoms with Crippen molar-refractivity contribution >= 4 is 17.5 Å². The number of carbonyl (C=O) groups excluding carboxylic acids is 1. The molecule has 0 aliphatic carbocycles. The Balaban J connectivity index is 2.03. The number of aromatic nitrogens is 2. The predicted octanol–water partition coefficient (Wildman–Crippen LogP) is 1.35. The lowest BCUT2D eigenvalue weighted by atomic mass is 10.2. The van der Waals surface area contributed by atoms with Crippen LogP contribution in [0.5, 0.6) is 0 Å². The van der Waals surface area contributed by atoms with Crippen LogP contribution < -0.4 is 10.9 Å². The van der Waals surface area contributed by atoms with Crippen LogP contribution in [0.4, 0.5) is 0 Å². The highest BCUT2D eigenvalue weighted by molar-refractivity contribution is 6.31. The van der Waals surface area contributed by atoms with Gasteiger partial charge < -0.3 is 5.32 Å². The normalized spacial score (nSPS) is 10.1. The van der Waals surface area contributed by atoms with Crippen LogP contribution in [0.15, 0.2) is 41.2 Å². The Bertz CT molecular complexity index is 604. The number of H-pyrrole nitrogens is 1. The molecule has 18 heavy (non-hydrogen) atoms. The molecule has 1 aromatic heterocycles. The monoisotopic (exact) mass is 263 g/mol. The van der Waals surface area contributed by atoms with E-state index in [1.54, 1.807) is 6.07 Å². The van der Waals surface area contributed by atoms with Crippen LogP contribution in [0.2, 0.25) is 5.02 Å². The first-order chi connectivity index (χ1) is 8.66. The standard InChI is InChI=1S/C12H10ClN3O2/c13-9-4-2-1-3-8(9)7-14-12(18)10-5-6-11(17)16-15-10/h1-6H,7H2,(H,14,18)(H,16,17). The number of halogens is 1. The van der Waals surface area contributed by atoms with E-state index < -0.39 is 0 Å². The summed E-state index contributed by atoms with van der Waals surface area (Å²) < 4.78 is 0. The van der Waals surface area contributed by atoms with E-state index in [0.29, 0.717) is 11.6 Å². The quantitative estimate of drug-likeness (QED) is 0.878. The van der Waals surface area contributed by atoms with E-state index in [0.717, 1.165) is 5.56 Å². The lowest BCUT2D eigenvalue weighted by Gasteiger charge is -2.05. The van der Waals surface area contributed by atoms with E-state index in [2.05, 4.69) is 15.5 Å². The molecule has 5 nitrogen and oxygen atoms in total. The van der Waals surface area contributed by atoms with Gasteiger partial charge in [-0.15, -0.1) is 0 Å². The van der Waals surface area contributed by atoms with Crippen molar-refractivity contribution in [2.75, 3.05) is 0 Å². The fraction of sp³-hybridized carbons (Fsp3) is 0.0833. The molecule has 2 aromatic rings. The SMILES string of the molecule is O=C(NCc1ccccc1Cl)c1ccc(=O)[nH]n1. The number of carbonyl (C=O) groups is 1. The van der Waals surface area contributed by atoms with E-state index in [1.807, 2.05) is 18.2 Å². The van der Waals surface area contributed by atoms with Gasteiger partial charge in [0, 0.05) is 17.6 Å². The summed E-state index contributed by atoms with van der Waals surface area (Å²) in [6.07, 6.45) is 0. The van der Waals surface area contributed by atoms with Gasteiger partial charge in [-0.1, -0.05) is 29.8 Å². The summed E-state index contributed by atoms with van der Waals surface area (Å²) in [5, 5.41) is 9.09. The molecule has 0 radical (unpaired) electrons. The molecule has 0 aliphatic heterocycles. The highest BCUT2D eigenvalue weighted by Gasteiger charge is 2.07. The Morgan fingerprint density at radius 2 is 2.06 bits per heavy atom. The maximum Gasteiger partial charge on any atom is 0.271 e. The van der Waals surface area contributed by atoms with Crippen molar-refractivity contribution in [1.82, 2.24) is 15.5 Å². The zero-order valence-corrected chi connectivity index (χ0v) is 10.1. The fourth-order valence-corrected chi connectivity index (χ4v) is 1.58. The van der Waals surface area contributed by atoms with Crippen molar-refractivity contribution in [2.24, 2.45) is 0 Å². The van der Waals surface area contributed by atoms with Crippen molar-refractivity contribution in [1.29, 1.82) is 0 Å². The van der Waals surface area contributed by atoms with Gasteiger partial charge in [0.2, 0.25) is 0 Å². The minimum atomic E-state index is -0.369. The largest absolute Gasteiger partial charge is 0.347 e. The number of hydrogen-bond donors (Lipinski definition) is 2. The highest BCUT2D eigenvalue weighted by Crippen LogP contribution is 2.14. The van der Waals surface area contributed by atoms with Gasteiger partial charge in [0.15, 0.2) is 0 Å². The summed E-state index contributed by atoms with van der Waals surface area (Å²) in [6, 6.07) is 9.84. The lowest BCUT2D eigenvalue weighted by molar-refractivity contribution is 0.0945. The summed E-state index contributed by atoms with van der Waals surface area (Å²) >= 11 is 5.96. The van der Waals surface area contributed by atoms with Gasteiger partial charge in [-0.3, -0.25) is 9.59 Å². The Hall–Kier alpha value is -2.14. The summed E-state index contributed by atoms with van der Waals surface area (Å²) in [7, 11) is 0. The first-order valence-electron chi connectivity index (χ1n) is 5.24. The van der Waals surface area contributed by atoms with Gasteiger partial charge in [0.05, 0.1) is 0 Å². The third kappa shape index (κ3) is 2.95. The zero-order valence-electron chi connectivity index (χ0n) is 9.31. The van der Waals surface area contributed by atoms with E-state index in [-0.39, 0.29) is 17.2 Å². The number of nitrogens with zero attached hydrogens (tertiary/aromatic N) is 1. The number of benzene rings is 1. The van der Waals surface area contributed by atoms with Crippen LogP contribution in [0.1, 0.15) is 16.1 Å². The molecule has 0 spiro atoms. The summed E-state index contributed by atoms with van der Waals surface area (Å²) in [4.78, 5) is 22.5. The second-order valence-electron chi connectivity index (χ2n) is 3.58. The first-order valence-corrected chi connectivity index (χ1v) is 5.62. The second kappa shape index (κ2) is 5.46. The van der Waals surface area contributed by atoms with Crippen molar-refractivity contribution < 1.29 is 4.79 Å². The van der Waals surface area contributed by atoms with Crippen LogP contribution in [0.3, 0.4) is 0 Å². The molecule has 0 bridgehead atoms. The van der Waals surface area contributed by atoms with Gasteiger partial charge in [-0.05, 0) is 17.7 Å². The fourth-order valence-electron chi connectivity index (χ4n) is 1.38. The van der Waals surface area contributed by atoms with Crippen molar-refractivity contribution in [2.45, 2.75) is 6.54 Å². The summed E-state index contributed by atoms with van der Waals surface area (Å²) in [5.41, 5.74) is 0.622. The van der Waals surface area contributed by atoms with Gasteiger partial charge in [0.25, 0.3) is 11.5 Å². The molecular weight excluding hydrogens is 254 g/mol. The number of rotatable bonds is 3. The molecule has 0 atom stereocenters. The molecule has 0 unspecified atom stereocenters. The van der Waals surface area contributed by atoms with E-state index in [9.17, 15) is 9.59 Å². The minimum Gasteiger partial charge on any atom is -0.347 e. The van der Waals surface area contributed by atoms with Crippen molar-refractivity contribution in [3.05, 3.63) is 63.0 Å². The Labute approximate surface area is 108 Å². The molecule has 0 saturated heterocycles. The second-order valence-corrected chi connectivity index (χ2v) is 3.99. The average Bonchev–Trinajstić information content (AvgIpc) is 2.38. The van der Waals surface area contributed by atoms with Crippen molar-refractivity contribution in [3.63, 3.8) is 0 Å². The van der Waals surface area contributed by atoms with Crippen LogP contribution in [-0.2, 0) is 6.54 Å². The Kier molecular flexibility index (Phi) is 3.74. The maximum atomic E-state index is 11.7. The maximum absolute atomic E-state index is 11.7. The zero-order chi connectivity index (χ0) is 13.0. The number of aromatic amines is 1. The molecule has 0 saturated carbocycles. The van der Waals surface area contributed by atoms with E-state index >= 15 is 0 Å². The molecule has 0 fully saturated rings. The van der Waals surface area contributed by atoms with Gasteiger partial charge in [-0.25, -0.2) is 5.10 Å². The van der Waals surface area contributed by atoms with Gasteiger partial charge in [-0.2, -0.15) is 5.10 Å². The van der Waals surface area contributed by atoms with Gasteiger partial charge in [0.1, 0.15) is 5.69 Å². The minimum absolute atomic E-state index is 0.154.